The molecule has 8 aromatic rings. The lowest BCUT2D eigenvalue weighted by atomic mass is 9.82. The van der Waals surface area contributed by atoms with Crippen LogP contribution < -0.4 is 4.74 Å². The molecule has 0 bridgehead atoms. The Morgan fingerprint density at radius 1 is 0.646 bits per heavy atom. The molecule has 0 atom stereocenters. The van der Waals surface area contributed by atoms with E-state index in [-0.39, 0.29) is 11.2 Å². The van der Waals surface area contributed by atoms with Crippen LogP contribution in [0.25, 0.3) is 60.8 Å². The third-order valence-electron chi connectivity index (χ3n) is 9.07. The van der Waals surface area contributed by atoms with E-state index in [1.165, 1.54) is 5.56 Å². The molecular weight excluding hydrogens is 590 g/mol. The van der Waals surface area contributed by atoms with Crippen molar-refractivity contribution < 1.29 is 9.84 Å². The van der Waals surface area contributed by atoms with Crippen LogP contribution in [-0.2, 0) is 5.41 Å². The van der Waals surface area contributed by atoms with Crippen molar-refractivity contribution >= 4 is 32.7 Å². The molecule has 3 aromatic heterocycles. The van der Waals surface area contributed by atoms with Gasteiger partial charge >= 0.3 is 0 Å². The summed E-state index contributed by atoms with van der Waals surface area (Å²) in [5, 5.41) is 14.2. The lowest BCUT2D eigenvalue weighted by molar-refractivity contribution is 0.460. The molecule has 0 unspecified atom stereocenters. The van der Waals surface area contributed by atoms with E-state index in [1.54, 1.807) is 6.07 Å². The first-order chi connectivity index (χ1) is 23.2. The molecule has 0 aliphatic heterocycles. The lowest BCUT2D eigenvalue weighted by Crippen LogP contribution is -2.11. The molecule has 0 saturated carbocycles. The van der Waals surface area contributed by atoms with Gasteiger partial charge in [-0.15, -0.1) is 0 Å². The van der Waals surface area contributed by atoms with Gasteiger partial charge in [-0.1, -0.05) is 87.5 Å². The smallest absolute Gasteiger partial charge is 0.219 e. The number of hydrogen-bond acceptors (Lipinski definition) is 4. The van der Waals surface area contributed by atoms with E-state index < -0.39 is 0 Å². The van der Waals surface area contributed by atoms with E-state index in [2.05, 4.69) is 105 Å². The van der Waals surface area contributed by atoms with E-state index in [9.17, 15) is 5.11 Å². The molecule has 0 saturated heterocycles. The van der Waals surface area contributed by atoms with E-state index in [1.807, 2.05) is 54.7 Å². The van der Waals surface area contributed by atoms with Gasteiger partial charge in [-0.3, -0.25) is 4.57 Å². The molecule has 5 aromatic carbocycles. The number of hydrogen-bond donors (Lipinski definition) is 1. The molecule has 48 heavy (non-hydrogen) atoms. The predicted octanol–water partition coefficient (Wildman–Crippen LogP) is 11.2. The first-order valence-electron chi connectivity index (χ1n) is 16.2. The van der Waals surface area contributed by atoms with E-state index in [0.717, 1.165) is 60.8 Å². The number of nitrogens with zero attached hydrogens (tertiary/aromatic N) is 3. The van der Waals surface area contributed by atoms with Crippen molar-refractivity contribution in [1.29, 1.82) is 0 Å². The summed E-state index contributed by atoms with van der Waals surface area (Å²) in [6.45, 7) is 8.77. The van der Waals surface area contributed by atoms with Crippen LogP contribution in [0, 0.1) is 6.92 Å². The van der Waals surface area contributed by atoms with E-state index in [4.69, 9.17) is 14.7 Å². The molecule has 234 valence electrons. The molecule has 0 fully saturated rings. The zero-order valence-electron chi connectivity index (χ0n) is 27.4. The van der Waals surface area contributed by atoms with Crippen LogP contribution in [0.3, 0.4) is 0 Å². The highest BCUT2D eigenvalue weighted by Gasteiger charge is 2.20. The van der Waals surface area contributed by atoms with Crippen LogP contribution in [-0.4, -0.2) is 19.6 Å². The normalized spacial score (nSPS) is 11.8. The topological polar surface area (TPSA) is 60.2 Å². The molecule has 8 rings (SSSR count). The van der Waals surface area contributed by atoms with Crippen molar-refractivity contribution in [3.63, 3.8) is 0 Å². The number of aryl methyl sites for hydroxylation is 1. The molecule has 0 spiro atoms. The van der Waals surface area contributed by atoms with Crippen molar-refractivity contribution in [1.82, 2.24) is 14.5 Å². The third kappa shape index (κ3) is 5.14. The minimum atomic E-state index is 0.000802. The number of para-hydroxylation sites is 1. The summed E-state index contributed by atoms with van der Waals surface area (Å²) >= 11 is 0. The zero-order chi connectivity index (χ0) is 33.0. The van der Waals surface area contributed by atoms with Gasteiger partial charge in [0.05, 0.1) is 11.0 Å². The van der Waals surface area contributed by atoms with Gasteiger partial charge in [0.1, 0.15) is 22.8 Å². The Labute approximate surface area is 279 Å². The van der Waals surface area contributed by atoms with Crippen molar-refractivity contribution in [2.75, 3.05) is 0 Å². The first kappa shape index (κ1) is 29.5. The number of rotatable bonds is 5. The fraction of sp³-hybridized carbons (Fsp3) is 0.116. The standard InChI is InChI=1S/C43H35N3O2/c1-27-22-23-44-40(24-27)46-37-13-9-8-12-33(37)34-17-15-30(26-38(34)46)48-41-21-19-35-31(18-20-39(47)42(35)45-41)32-16-14-29(43(2,3)4)25-36(32)28-10-6-5-7-11-28/h5-26,47H,1-4H3. The fourth-order valence-electron chi connectivity index (χ4n) is 6.60. The Bertz CT molecular complexity index is 2490. The van der Waals surface area contributed by atoms with Gasteiger partial charge in [0, 0.05) is 34.5 Å². The molecule has 5 nitrogen and oxygen atoms in total. The molecule has 0 amide bonds. The van der Waals surface area contributed by atoms with Gasteiger partial charge in [0.15, 0.2) is 0 Å². The summed E-state index contributed by atoms with van der Waals surface area (Å²) in [7, 11) is 0. The highest BCUT2D eigenvalue weighted by Crippen LogP contribution is 2.41. The van der Waals surface area contributed by atoms with Crippen molar-refractivity contribution in [3.8, 4) is 45.5 Å². The van der Waals surface area contributed by atoms with Gasteiger partial charge in [0.25, 0.3) is 0 Å². The number of aromatic nitrogens is 3. The highest BCUT2D eigenvalue weighted by molar-refractivity contribution is 6.09. The van der Waals surface area contributed by atoms with Gasteiger partial charge in [-0.05, 0) is 94.3 Å². The van der Waals surface area contributed by atoms with Crippen LogP contribution in [0.15, 0.2) is 134 Å². The quantitative estimate of drug-likeness (QED) is 0.207. The summed E-state index contributed by atoms with van der Waals surface area (Å²) in [6, 6.07) is 43.2. The van der Waals surface area contributed by atoms with E-state index >= 15 is 0 Å². The predicted molar refractivity (Wildman–Crippen MR) is 196 cm³/mol. The Morgan fingerprint density at radius 2 is 1.40 bits per heavy atom. The van der Waals surface area contributed by atoms with Crippen molar-refractivity contribution in [2.45, 2.75) is 33.1 Å². The summed E-state index contributed by atoms with van der Waals surface area (Å²) in [5.74, 6) is 2.00. The Balaban J connectivity index is 1.23. The molecule has 0 radical (unpaired) electrons. The second kappa shape index (κ2) is 11.4. The Hall–Kier alpha value is -5.94. The monoisotopic (exact) mass is 625 g/mol. The van der Waals surface area contributed by atoms with Crippen molar-refractivity contribution in [3.05, 3.63) is 145 Å². The number of ether oxygens (including phenoxy) is 1. The van der Waals surface area contributed by atoms with Gasteiger partial charge in [0.2, 0.25) is 5.88 Å². The number of fused-ring (bicyclic) bond motifs is 4. The van der Waals surface area contributed by atoms with Crippen LogP contribution >= 0.6 is 0 Å². The summed E-state index contributed by atoms with van der Waals surface area (Å²) in [4.78, 5) is 9.54. The molecule has 0 aliphatic rings. The third-order valence-corrected chi connectivity index (χ3v) is 9.07. The second-order valence-electron chi connectivity index (χ2n) is 13.4. The summed E-state index contributed by atoms with van der Waals surface area (Å²) in [5.41, 5.74) is 9.32. The second-order valence-corrected chi connectivity index (χ2v) is 13.4. The lowest BCUT2D eigenvalue weighted by Gasteiger charge is -2.22. The van der Waals surface area contributed by atoms with E-state index in [0.29, 0.717) is 17.1 Å². The number of benzene rings is 5. The maximum absolute atomic E-state index is 11.0. The molecule has 0 aliphatic carbocycles. The van der Waals surface area contributed by atoms with Gasteiger partial charge < -0.3 is 9.84 Å². The molecule has 5 heteroatoms. The first-order valence-corrected chi connectivity index (χ1v) is 16.2. The molecule has 1 N–H and O–H groups in total. The summed E-state index contributed by atoms with van der Waals surface area (Å²) in [6.07, 6.45) is 1.84. The van der Waals surface area contributed by atoms with Crippen LogP contribution in [0.2, 0.25) is 0 Å². The minimum absolute atomic E-state index is 0.000802. The summed E-state index contributed by atoms with van der Waals surface area (Å²) < 4.78 is 8.57. The van der Waals surface area contributed by atoms with Crippen LogP contribution in [0.1, 0.15) is 31.9 Å². The average Bonchev–Trinajstić information content (AvgIpc) is 3.42. The fourth-order valence-corrected chi connectivity index (χ4v) is 6.60. The maximum atomic E-state index is 11.0. The van der Waals surface area contributed by atoms with Gasteiger partial charge in [-0.25, -0.2) is 9.97 Å². The molecular formula is C43H35N3O2. The van der Waals surface area contributed by atoms with Crippen LogP contribution in [0.5, 0.6) is 17.4 Å². The average molecular weight is 626 g/mol. The number of phenolic OH excluding ortho intramolecular Hbond substituents is 1. The van der Waals surface area contributed by atoms with Crippen LogP contribution in [0.4, 0.5) is 0 Å². The highest BCUT2D eigenvalue weighted by atomic mass is 16.5. The maximum Gasteiger partial charge on any atom is 0.219 e. The zero-order valence-corrected chi connectivity index (χ0v) is 27.4. The minimum Gasteiger partial charge on any atom is -0.506 e. The number of aromatic hydroxyl groups is 1. The van der Waals surface area contributed by atoms with Gasteiger partial charge in [-0.2, -0.15) is 0 Å². The SMILES string of the molecule is Cc1ccnc(-n2c3ccccc3c3ccc(Oc4ccc5c(-c6ccc(C(C)(C)C)cc6-c6ccccc6)ccc(O)c5n4)cc32)c1. The Morgan fingerprint density at radius 3 is 2.21 bits per heavy atom. The largest absolute Gasteiger partial charge is 0.506 e. The number of phenols is 1. The number of pyridine rings is 2. The Kier molecular flexibility index (Phi) is 6.99. The van der Waals surface area contributed by atoms with Crippen molar-refractivity contribution in [2.24, 2.45) is 0 Å². The molecule has 3 heterocycles.